The Balaban J connectivity index is 2.16. The molecule has 20 heavy (non-hydrogen) atoms. The minimum Gasteiger partial charge on any atom is -0.380 e. The molecule has 2 rings (SSSR count). The normalized spacial score (nSPS) is 12.6. The molecular formula is C15H22N4O. The zero-order chi connectivity index (χ0) is 14.4. The minimum absolute atomic E-state index is 0.0797. The van der Waals surface area contributed by atoms with Crippen LogP contribution >= 0.6 is 0 Å². The summed E-state index contributed by atoms with van der Waals surface area (Å²) in [5.41, 5.74) is 3.27. The lowest BCUT2D eigenvalue weighted by molar-refractivity contribution is 0.147. The lowest BCUT2D eigenvalue weighted by Gasteiger charge is -2.19. The Morgan fingerprint density at radius 3 is 2.80 bits per heavy atom. The lowest BCUT2D eigenvalue weighted by Crippen LogP contribution is -2.27. The van der Waals surface area contributed by atoms with E-state index in [2.05, 4.69) is 21.4 Å². The molecule has 0 aliphatic heterocycles. The Kier molecular flexibility index (Phi) is 5.26. The second-order valence-corrected chi connectivity index (χ2v) is 4.75. The number of hydrogen-bond acceptors (Lipinski definition) is 4. The average molecular weight is 274 g/mol. The molecule has 5 nitrogen and oxygen atoms in total. The predicted molar refractivity (Wildman–Crippen MR) is 78.5 cm³/mol. The van der Waals surface area contributed by atoms with Gasteiger partial charge in [-0.05, 0) is 25.5 Å². The highest BCUT2D eigenvalue weighted by molar-refractivity contribution is 5.25. The highest BCUT2D eigenvalue weighted by atomic mass is 16.5. The maximum atomic E-state index is 5.39. The molecule has 0 aromatic carbocycles. The molecule has 1 atom stereocenters. The van der Waals surface area contributed by atoms with E-state index in [0.29, 0.717) is 6.61 Å². The molecule has 0 spiro atoms. The van der Waals surface area contributed by atoms with Crippen LogP contribution in [0.3, 0.4) is 0 Å². The fourth-order valence-corrected chi connectivity index (χ4v) is 2.11. The second-order valence-electron chi connectivity index (χ2n) is 4.75. The van der Waals surface area contributed by atoms with E-state index >= 15 is 0 Å². The molecule has 0 aliphatic carbocycles. The molecule has 0 fully saturated rings. The number of aromatic nitrogens is 3. The third kappa shape index (κ3) is 3.65. The molecule has 0 aliphatic rings. The highest BCUT2D eigenvalue weighted by Gasteiger charge is 2.16. The van der Waals surface area contributed by atoms with Gasteiger partial charge in [0.1, 0.15) is 0 Å². The zero-order valence-corrected chi connectivity index (χ0v) is 12.3. The first-order valence-electron chi connectivity index (χ1n) is 6.92. The van der Waals surface area contributed by atoms with E-state index in [0.717, 1.165) is 30.1 Å². The SMILES string of the molecule is CCOCCNC(c1ccc(C)nc1)c1cncn1C. The number of ether oxygens (including phenoxy) is 1. The fourth-order valence-electron chi connectivity index (χ4n) is 2.11. The Hall–Kier alpha value is -1.72. The summed E-state index contributed by atoms with van der Waals surface area (Å²) in [5.74, 6) is 0. The molecule has 2 heterocycles. The van der Waals surface area contributed by atoms with E-state index < -0.39 is 0 Å². The number of nitrogens with zero attached hydrogens (tertiary/aromatic N) is 3. The number of rotatable bonds is 7. The molecule has 0 radical (unpaired) electrons. The summed E-state index contributed by atoms with van der Waals surface area (Å²) >= 11 is 0. The van der Waals surface area contributed by atoms with Gasteiger partial charge < -0.3 is 14.6 Å². The molecule has 0 bridgehead atoms. The van der Waals surface area contributed by atoms with Crippen molar-refractivity contribution in [3.05, 3.63) is 47.8 Å². The molecule has 2 aromatic heterocycles. The summed E-state index contributed by atoms with van der Waals surface area (Å²) in [4.78, 5) is 8.58. The van der Waals surface area contributed by atoms with Crippen molar-refractivity contribution in [3.63, 3.8) is 0 Å². The van der Waals surface area contributed by atoms with Crippen LogP contribution in [0.25, 0.3) is 0 Å². The Morgan fingerprint density at radius 1 is 1.35 bits per heavy atom. The van der Waals surface area contributed by atoms with Crippen LogP contribution in [0.5, 0.6) is 0 Å². The van der Waals surface area contributed by atoms with Crippen LogP contribution in [-0.2, 0) is 11.8 Å². The first kappa shape index (κ1) is 14.7. The van der Waals surface area contributed by atoms with Gasteiger partial charge in [-0.25, -0.2) is 4.98 Å². The van der Waals surface area contributed by atoms with Crippen molar-refractivity contribution in [2.45, 2.75) is 19.9 Å². The molecule has 5 heteroatoms. The van der Waals surface area contributed by atoms with E-state index in [1.165, 1.54) is 0 Å². The smallest absolute Gasteiger partial charge is 0.0946 e. The van der Waals surface area contributed by atoms with E-state index in [1.807, 2.05) is 50.2 Å². The van der Waals surface area contributed by atoms with Gasteiger partial charge in [0.05, 0.1) is 30.9 Å². The Bertz CT molecular complexity index is 521. The molecule has 1 N–H and O–H groups in total. The number of aryl methyl sites for hydroxylation is 2. The van der Waals surface area contributed by atoms with Crippen molar-refractivity contribution in [1.82, 2.24) is 19.9 Å². The van der Waals surface area contributed by atoms with E-state index in [1.54, 1.807) is 0 Å². The summed E-state index contributed by atoms with van der Waals surface area (Å²) in [6.45, 7) is 6.22. The van der Waals surface area contributed by atoms with Crippen LogP contribution < -0.4 is 5.32 Å². The van der Waals surface area contributed by atoms with Crippen molar-refractivity contribution in [3.8, 4) is 0 Å². The van der Waals surface area contributed by atoms with Gasteiger partial charge in [-0.3, -0.25) is 4.98 Å². The number of nitrogens with one attached hydrogen (secondary N) is 1. The highest BCUT2D eigenvalue weighted by Crippen LogP contribution is 2.20. The Labute approximate surface area is 120 Å². The zero-order valence-electron chi connectivity index (χ0n) is 12.3. The third-order valence-corrected chi connectivity index (χ3v) is 3.22. The minimum atomic E-state index is 0.0797. The molecule has 0 saturated carbocycles. The van der Waals surface area contributed by atoms with Gasteiger partial charge in [0.25, 0.3) is 0 Å². The molecule has 2 aromatic rings. The van der Waals surface area contributed by atoms with Gasteiger partial charge in [-0.15, -0.1) is 0 Å². The van der Waals surface area contributed by atoms with Gasteiger partial charge in [-0.2, -0.15) is 0 Å². The quantitative estimate of drug-likeness (QED) is 0.783. The molecule has 0 saturated heterocycles. The van der Waals surface area contributed by atoms with Crippen LogP contribution in [0.2, 0.25) is 0 Å². The van der Waals surface area contributed by atoms with Crippen molar-refractivity contribution in [2.24, 2.45) is 7.05 Å². The van der Waals surface area contributed by atoms with Crippen molar-refractivity contribution in [2.75, 3.05) is 19.8 Å². The monoisotopic (exact) mass is 274 g/mol. The summed E-state index contributed by atoms with van der Waals surface area (Å²) in [6, 6.07) is 4.22. The lowest BCUT2D eigenvalue weighted by atomic mass is 10.1. The van der Waals surface area contributed by atoms with Crippen molar-refractivity contribution in [1.29, 1.82) is 0 Å². The predicted octanol–water partition coefficient (Wildman–Crippen LogP) is 1.84. The number of hydrogen-bond donors (Lipinski definition) is 1. The molecule has 108 valence electrons. The van der Waals surface area contributed by atoms with Crippen LogP contribution in [-0.4, -0.2) is 34.3 Å². The standard InChI is InChI=1S/C15H22N4O/c1-4-20-8-7-17-15(14-10-16-11-19(14)3)13-6-5-12(2)18-9-13/h5-6,9-11,15,17H,4,7-8H2,1-3H3. The first-order chi connectivity index (χ1) is 9.72. The largest absolute Gasteiger partial charge is 0.380 e. The fraction of sp³-hybridized carbons (Fsp3) is 0.467. The van der Waals surface area contributed by atoms with Crippen molar-refractivity contribution < 1.29 is 4.74 Å². The van der Waals surface area contributed by atoms with Gasteiger partial charge in [-0.1, -0.05) is 6.07 Å². The maximum Gasteiger partial charge on any atom is 0.0946 e. The second kappa shape index (κ2) is 7.17. The maximum absolute atomic E-state index is 5.39. The topological polar surface area (TPSA) is 52.0 Å². The molecule has 0 amide bonds. The van der Waals surface area contributed by atoms with Crippen molar-refractivity contribution >= 4 is 0 Å². The third-order valence-electron chi connectivity index (χ3n) is 3.22. The van der Waals surface area contributed by atoms with Gasteiger partial charge >= 0.3 is 0 Å². The van der Waals surface area contributed by atoms with Crippen LogP contribution in [0.15, 0.2) is 30.9 Å². The van der Waals surface area contributed by atoms with Gasteiger partial charge in [0.2, 0.25) is 0 Å². The number of imidazole rings is 1. The first-order valence-corrected chi connectivity index (χ1v) is 6.92. The van der Waals surface area contributed by atoms with Crippen LogP contribution in [0.1, 0.15) is 29.9 Å². The van der Waals surface area contributed by atoms with Crippen LogP contribution in [0, 0.1) is 6.92 Å². The number of pyridine rings is 1. The van der Waals surface area contributed by atoms with E-state index in [9.17, 15) is 0 Å². The van der Waals surface area contributed by atoms with Gasteiger partial charge in [0.15, 0.2) is 0 Å². The summed E-state index contributed by atoms with van der Waals surface area (Å²) in [6.07, 6.45) is 5.62. The average Bonchev–Trinajstić information content (AvgIpc) is 2.87. The summed E-state index contributed by atoms with van der Waals surface area (Å²) < 4.78 is 7.41. The summed E-state index contributed by atoms with van der Waals surface area (Å²) in [7, 11) is 2.00. The summed E-state index contributed by atoms with van der Waals surface area (Å²) in [5, 5.41) is 3.51. The molecular weight excluding hydrogens is 252 g/mol. The van der Waals surface area contributed by atoms with Gasteiger partial charge in [0, 0.05) is 32.1 Å². The van der Waals surface area contributed by atoms with Crippen LogP contribution in [0.4, 0.5) is 0 Å². The van der Waals surface area contributed by atoms with E-state index in [-0.39, 0.29) is 6.04 Å². The molecule has 1 unspecified atom stereocenters. The Morgan fingerprint density at radius 2 is 2.20 bits per heavy atom. The van der Waals surface area contributed by atoms with E-state index in [4.69, 9.17) is 4.74 Å².